The van der Waals surface area contributed by atoms with Crippen molar-refractivity contribution in [1.82, 2.24) is 15.0 Å². The van der Waals surface area contributed by atoms with Gasteiger partial charge in [0.05, 0.1) is 0 Å². The van der Waals surface area contributed by atoms with Crippen molar-refractivity contribution in [2.75, 3.05) is 36.8 Å². The first-order valence-corrected chi connectivity index (χ1v) is 10.9. The van der Waals surface area contributed by atoms with Gasteiger partial charge in [-0.2, -0.15) is 15.0 Å². The van der Waals surface area contributed by atoms with Gasteiger partial charge in [0, 0.05) is 13.1 Å². The van der Waals surface area contributed by atoms with Crippen LogP contribution < -0.4 is 22.1 Å². The summed E-state index contributed by atoms with van der Waals surface area (Å²) in [6.07, 6.45) is 14.6. The molecule has 1 heterocycles. The van der Waals surface area contributed by atoms with Crippen LogP contribution in [0.25, 0.3) is 0 Å². The Morgan fingerprint density at radius 2 is 0.926 bits per heavy atom. The van der Waals surface area contributed by atoms with Crippen LogP contribution in [0.4, 0.5) is 11.9 Å². The molecule has 0 aliphatic heterocycles. The topological polar surface area (TPSA) is 115 Å². The van der Waals surface area contributed by atoms with E-state index in [1.54, 1.807) is 0 Å². The maximum Gasteiger partial charge on any atom is 0.227 e. The van der Waals surface area contributed by atoms with Crippen molar-refractivity contribution in [3.8, 4) is 0 Å². The quantitative estimate of drug-likeness (QED) is 0.288. The molecule has 0 amide bonds. The van der Waals surface area contributed by atoms with Gasteiger partial charge in [0.25, 0.3) is 0 Å². The first-order valence-electron chi connectivity index (χ1n) is 10.9. The summed E-state index contributed by atoms with van der Waals surface area (Å²) in [4.78, 5) is 13.2. The monoisotopic (exact) mass is 379 g/mol. The third kappa shape index (κ3) is 13.4. The summed E-state index contributed by atoms with van der Waals surface area (Å²) in [6.45, 7) is 5.34. The number of nitrogens with one attached hydrogen (secondary N) is 2. The molecule has 0 spiro atoms. The fourth-order valence-corrected chi connectivity index (χ4v) is 2.99. The van der Waals surface area contributed by atoms with Gasteiger partial charge in [-0.05, 0) is 45.7 Å². The van der Waals surface area contributed by atoms with Crippen LogP contribution in [0.2, 0.25) is 0 Å². The second-order valence-electron chi connectivity index (χ2n) is 7.20. The van der Waals surface area contributed by atoms with E-state index >= 15 is 0 Å². The number of aromatic nitrogens is 3. The van der Waals surface area contributed by atoms with Crippen LogP contribution >= 0.6 is 0 Å². The molecule has 7 heteroatoms. The lowest BCUT2D eigenvalue weighted by atomic mass is 10.1. The van der Waals surface area contributed by atoms with Crippen LogP contribution in [-0.4, -0.2) is 41.1 Å². The number of aryl methyl sites for hydroxylation is 1. The Kier molecular flexibility index (Phi) is 14.6. The van der Waals surface area contributed by atoms with E-state index in [0.29, 0.717) is 11.9 Å². The zero-order chi connectivity index (χ0) is 19.6. The number of nitrogens with zero attached hydrogens (tertiary/aromatic N) is 3. The standard InChI is InChI=1S/C20H41N7/c1-18-25-19(23-16-12-8-4-2-6-10-14-21)27-20(26-18)24-17-13-9-5-3-7-11-15-22/h2-17,21-22H2,1H3,(H2,23,24,25,26,27). The second-order valence-corrected chi connectivity index (χ2v) is 7.20. The first kappa shape index (κ1) is 23.6. The number of nitrogens with two attached hydrogens (primary N) is 2. The number of hydrogen-bond acceptors (Lipinski definition) is 7. The summed E-state index contributed by atoms with van der Waals surface area (Å²) in [5, 5.41) is 6.65. The maximum absolute atomic E-state index is 5.51. The van der Waals surface area contributed by atoms with Crippen molar-refractivity contribution in [2.45, 2.75) is 84.0 Å². The minimum Gasteiger partial charge on any atom is -0.354 e. The molecular weight excluding hydrogens is 338 g/mol. The highest BCUT2D eigenvalue weighted by atomic mass is 15.2. The molecule has 7 nitrogen and oxygen atoms in total. The molecule has 0 saturated heterocycles. The molecule has 1 aromatic rings. The highest BCUT2D eigenvalue weighted by molar-refractivity contribution is 5.34. The summed E-state index contributed by atoms with van der Waals surface area (Å²) in [5.41, 5.74) is 11.0. The van der Waals surface area contributed by atoms with Gasteiger partial charge in [0.15, 0.2) is 0 Å². The molecule has 0 atom stereocenters. The normalized spacial score (nSPS) is 10.9. The average Bonchev–Trinajstić information content (AvgIpc) is 2.65. The minimum absolute atomic E-state index is 0.676. The van der Waals surface area contributed by atoms with E-state index < -0.39 is 0 Å². The predicted octanol–water partition coefficient (Wildman–Crippen LogP) is 3.60. The fraction of sp³-hybridized carbons (Fsp3) is 0.850. The van der Waals surface area contributed by atoms with Crippen molar-refractivity contribution < 1.29 is 0 Å². The number of unbranched alkanes of at least 4 members (excludes halogenated alkanes) is 10. The Labute approximate surface area is 165 Å². The van der Waals surface area contributed by atoms with E-state index in [1.165, 1.54) is 51.4 Å². The van der Waals surface area contributed by atoms with Crippen LogP contribution in [0.3, 0.4) is 0 Å². The second kappa shape index (κ2) is 16.7. The molecule has 156 valence electrons. The van der Waals surface area contributed by atoms with Crippen molar-refractivity contribution in [3.05, 3.63) is 5.82 Å². The maximum atomic E-state index is 5.51. The predicted molar refractivity (Wildman–Crippen MR) is 115 cm³/mol. The number of rotatable bonds is 18. The summed E-state index contributed by atoms with van der Waals surface area (Å²) in [7, 11) is 0. The van der Waals surface area contributed by atoms with Gasteiger partial charge in [0.1, 0.15) is 5.82 Å². The highest BCUT2D eigenvalue weighted by Crippen LogP contribution is 2.09. The van der Waals surface area contributed by atoms with Gasteiger partial charge in [0.2, 0.25) is 11.9 Å². The SMILES string of the molecule is Cc1nc(NCCCCCCCCN)nc(NCCCCCCCCN)n1. The molecule has 0 unspecified atom stereocenters. The molecule has 6 N–H and O–H groups in total. The van der Waals surface area contributed by atoms with Gasteiger partial charge < -0.3 is 22.1 Å². The van der Waals surface area contributed by atoms with Crippen molar-refractivity contribution in [2.24, 2.45) is 11.5 Å². The summed E-state index contributed by atoms with van der Waals surface area (Å²) >= 11 is 0. The minimum atomic E-state index is 0.676. The molecule has 0 saturated carbocycles. The average molecular weight is 380 g/mol. The lowest BCUT2D eigenvalue weighted by Crippen LogP contribution is -2.12. The van der Waals surface area contributed by atoms with Crippen molar-refractivity contribution in [3.63, 3.8) is 0 Å². The Morgan fingerprint density at radius 1 is 0.556 bits per heavy atom. The summed E-state index contributed by atoms with van der Waals surface area (Å²) in [5.74, 6) is 2.10. The van der Waals surface area contributed by atoms with Gasteiger partial charge in [-0.25, -0.2) is 0 Å². The van der Waals surface area contributed by atoms with E-state index in [0.717, 1.165) is 57.7 Å². The van der Waals surface area contributed by atoms with E-state index in [9.17, 15) is 0 Å². The zero-order valence-corrected chi connectivity index (χ0v) is 17.3. The smallest absolute Gasteiger partial charge is 0.227 e. The molecule has 27 heavy (non-hydrogen) atoms. The number of anilines is 2. The van der Waals surface area contributed by atoms with Crippen LogP contribution in [0, 0.1) is 6.92 Å². The largest absolute Gasteiger partial charge is 0.354 e. The Balaban J connectivity index is 2.14. The van der Waals surface area contributed by atoms with E-state index in [1.807, 2.05) is 6.92 Å². The van der Waals surface area contributed by atoms with E-state index in [2.05, 4.69) is 25.6 Å². The summed E-state index contributed by atoms with van der Waals surface area (Å²) in [6, 6.07) is 0. The van der Waals surface area contributed by atoms with E-state index in [-0.39, 0.29) is 0 Å². The van der Waals surface area contributed by atoms with Crippen molar-refractivity contribution >= 4 is 11.9 Å². The van der Waals surface area contributed by atoms with E-state index in [4.69, 9.17) is 11.5 Å². The fourth-order valence-electron chi connectivity index (χ4n) is 2.99. The summed E-state index contributed by atoms with van der Waals surface area (Å²) < 4.78 is 0. The Bertz CT molecular complexity index is 429. The lowest BCUT2D eigenvalue weighted by molar-refractivity contribution is 0.604. The van der Waals surface area contributed by atoms with Gasteiger partial charge >= 0.3 is 0 Å². The number of hydrogen-bond donors (Lipinski definition) is 4. The molecule has 0 aliphatic rings. The molecule has 0 fully saturated rings. The molecule has 0 aliphatic carbocycles. The lowest BCUT2D eigenvalue weighted by Gasteiger charge is -2.09. The molecule has 0 radical (unpaired) electrons. The molecule has 0 bridgehead atoms. The van der Waals surface area contributed by atoms with Gasteiger partial charge in [-0.15, -0.1) is 0 Å². The third-order valence-corrected chi connectivity index (χ3v) is 4.58. The third-order valence-electron chi connectivity index (χ3n) is 4.58. The van der Waals surface area contributed by atoms with Crippen LogP contribution in [0.5, 0.6) is 0 Å². The van der Waals surface area contributed by atoms with Gasteiger partial charge in [-0.3, -0.25) is 0 Å². The molecule has 1 rings (SSSR count). The molecular formula is C20H41N7. The Morgan fingerprint density at radius 3 is 1.33 bits per heavy atom. The van der Waals surface area contributed by atoms with Crippen LogP contribution in [0.1, 0.15) is 82.9 Å². The van der Waals surface area contributed by atoms with Crippen LogP contribution in [0.15, 0.2) is 0 Å². The Hall–Kier alpha value is -1.47. The highest BCUT2D eigenvalue weighted by Gasteiger charge is 2.03. The van der Waals surface area contributed by atoms with Crippen molar-refractivity contribution in [1.29, 1.82) is 0 Å². The first-order chi connectivity index (χ1) is 13.3. The van der Waals surface area contributed by atoms with Crippen LogP contribution in [-0.2, 0) is 0 Å². The molecule has 1 aromatic heterocycles. The zero-order valence-electron chi connectivity index (χ0n) is 17.3. The van der Waals surface area contributed by atoms with Gasteiger partial charge in [-0.1, -0.05) is 51.4 Å². The molecule has 0 aromatic carbocycles.